The van der Waals surface area contributed by atoms with Crippen molar-refractivity contribution in [1.82, 2.24) is 0 Å². The lowest BCUT2D eigenvalue weighted by molar-refractivity contribution is -0.134. The number of rotatable bonds is 5. The molecule has 0 spiro atoms. The van der Waals surface area contributed by atoms with Crippen molar-refractivity contribution in [2.45, 2.75) is 4.90 Å². The normalized spacial score (nSPS) is 11.4. The van der Waals surface area contributed by atoms with Gasteiger partial charge in [-0.2, -0.15) is 0 Å². The highest BCUT2D eigenvalue weighted by Gasteiger charge is 2.23. The molecule has 2 aromatic rings. The quantitative estimate of drug-likeness (QED) is 0.624. The van der Waals surface area contributed by atoms with Gasteiger partial charge in [-0.3, -0.25) is 4.31 Å². The molecule has 0 bridgehead atoms. The fraction of sp³-hybridized carbons (Fsp3) is 0.118. The molecule has 5 nitrogen and oxygen atoms in total. The van der Waals surface area contributed by atoms with E-state index in [-0.39, 0.29) is 4.90 Å². The Hall–Kier alpha value is -2.60. The van der Waals surface area contributed by atoms with Crippen LogP contribution in [0.1, 0.15) is 5.56 Å². The summed E-state index contributed by atoms with van der Waals surface area (Å²) >= 11 is 0. The Balaban J connectivity index is 2.45. The second kappa shape index (κ2) is 7.11. The Labute approximate surface area is 135 Å². The highest BCUT2D eigenvalue weighted by molar-refractivity contribution is 7.92. The van der Waals surface area contributed by atoms with Crippen LogP contribution in [0.3, 0.4) is 0 Å². The smallest absolute Gasteiger partial charge is 0.330 e. The number of methoxy groups -OCH3 is 1. The predicted octanol–water partition coefficient (Wildman–Crippen LogP) is 2.70. The van der Waals surface area contributed by atoms with Gasteiger partial charge in [-0.05, 0) is 29.8 Å². The number of hydrogen-bond donors (Lipinski definition) is 0. The van der Waals surface area contributed by atoms with Gasteiger partial charge in [-0.25, -0.2) is 13.2 Å². The van der Waals surface area contributed by atoms with Gasteiger partial charge in [-0.15, -0.1) is 0 Å². The zero-order chi connectivity index (χ0) is 16.9. The molecule has 0 aliphatic heterocycles. The van der Waals surface area contributed by atoms with Gasteiger partial charge >= 0.3 is 5.97 Å². The Morgan fingerprint density at radius 3 is 2.30 bits per heavy atom. The topological polar surface area (TPSA) is 63.7 Å². The van der Waals surface area contributed by atoms with E-state index in [1.54, 1.807) is 42.5 Å². The van der Waals surface area contributed by atoms with Crippen LogP contribution in [0.25, 0.3) is 6.08 Å². The first kappa shape index (κ1) is 16.8. The highest BCUT2D eigenvalue weighted by atomic mass is 32.2. The minimum Gasteiger partial charge on any atom is -0.466 e. The number of benzene rings is 2. The van der Waals surface area contributed by atoms with Gasteiger partial charge in [0.15, 0.2) is 0 Å². The SMILES string of the molecule is COC(=O)/C=C/c1ccccc1S(=O)(=O)N(C)c1ccccc1. The number of anilines is 1. The van der Waals surface area contributed by atoms with E-state index >= 15 is 0 Å². The molecule has 2 aromatic carbocycles. The third kappa shape index (κ3) is 3.78. The summed E-state index contributed by atoms with van der Waals surface area (Å²) in [6.45, 7) is 0. The maximum Gasteiger partial charge on any atom is 0.330 e. The summed E-state index contributed by atoms with van der Waals surface area (Å²) < 4.78 is 31.4. The average molecular weight is 331 g/mol. The van der Waals surface area contributed by atoms with Crippen molar-refractivity contribution >= 4 is 27.8 Å². The first-order valence-corrected chi connectivity index (χ1v) is 8.30. The maximum atomic E-state index is 12.8. The van der Waals surface area contributed by atoms with Crippen molar-refractivity contribution in [2.24, 2.45) is 0 Å². The monoisotopic (exact) mass is 331 g/mol. The summed E-state index contributed by atoms with van der Waals surface area (Å²) in [5.41, 5.74) is 0.972. The van der Waals surface area contributed by atoms with Crippen molar-refractivity contribution in [3.8, 4) is 0 Å². The minimum atomic E-state index is -3.75. The Morgan fingerprint density at radius 2 is 1.65 bits per heavy atom. The van der Waals surface area contributed by atoms with Crippen LogP contribution >= 0.6 is 0 Å². The highest BCUT2D eigenvalue weighted by Crippen LogP contribution is 2.25. The summed E-state index contributed by atoms with van der Waals surface area (Å²) in [6, 6.07) is 15.3. The van der Waals surface area contributed by atoms with Gasteiger partial charge < -0.3 is 4.74 Å². The molecule has 0 aliphatic carbocycles. The molecule has 23 heavy (non-hydrogen) atoms. The molecule has 0 N–H and O–H groups in total. The van der Waals surface area contributed by atoms with E-state index in [9.17, 15) is 13.2 Å². The third-order valence-corrected chi connectivity index (χ3v) is 5.14. The summed E-state index contributed by atoms with van der Waals surface area (Å²) in [4.78, 5) is 11.3. The summed E-state index contributed by atoms with van der Waals surface area (Å²) in [7, 11) is -0.993. The summed E-state index contributed by atoms with van der Waals surface area (Å²) in [5, 5.41) is 0. The Morgan fingerprint density at radius 1 is 1.04 bits per heavy atom. The van der Waals surface area contributed by atoms with Crippen LogP contribution in [0.15, 0.2) is 65.6 Å². The second-order valence-corrected chi connectivity index (χ2v) is 6.64. The number of carbonyl (C=O) groups is 1. The average Bonchev–Trinajstić information content (AvgIpc) is 2.59. The standard InChI is InChI=1S/C17H17NO4S/c1-18(15-9-4-3-5-10-15)23(20,21)16-11-7-6-8-14(16)12-13-17(19)22-2/h3-13H,1-2H3/b13-12+. The number of carbonyl (C=O) groups excluding carboxylic acids is 1. The molecular formula is C17H17NO4S. The zero-order valence-electron chi connectivity index (χ0n) is 12.8. The molecule has 0 atom stereocenters. The first-order chi connectivity index (χ1) is 11.0. The number of sulfonamides is 1. The second-order valence-electron chi connectivity index (χ2n) is 4.70. The zero-order valence-corrected chi connectivity index (χ0v) is 13.7. The predicted molar refractivity (Wildman–Crippen MR) is 89.5 cm³/mol. The lowest BCUT2D eigenvalue weighted by Gasteiger charge is -2.20. The minimum absolute atomic E-state index is 0.117. The van der Waals surface area contributed by atoms with Gasteiger partial charge in [-0.1, -0.05) is 36.4 Å². The van der Waals surface area contributed by atoms with Crippen molar-refractivity contribution in [3.63, 3.8) is 0 Å². The van der Waals surface area contributed by atoms with Crippen LogP contribution < -0.4 is 4.31 Å². The van der Waals surface area contributed by atoms with Crippen LogP contribution in [-0.4, -0.2) is 28.5 Å². The van der Waals surface area contributed by atoms with Gasteiger partial charge in [0.25, 0.3) is 10.0 Å². The van der Waals surface area contributed by atoms with Gasteiger partial charge in [0, 0.05) is 13.1 Å². The fourth-order valence-electron chi connectivity index (χ4n) is 2.00. The van der Waals surface area contributed by atoms with Crippen molar-refractivity contribution in [1.29, 1.82) is 0 Å². The van der Waals surface area contributed by atoms with E-state index in [1.165, 1.54) is 36.7 Å². The Bertz CT molecular complexity index is 813. The third-order valence-electron chi connectivity index (χ3n) is 3.28. The molecule has 2 rings (SSSR count). The van der Waals surface area contributed by atoms with Crippen LogP contribution in [-0.2, 0) is 19.6 Å². The van der Waals surface area contributed by atoms with Crippen LogP contribution in [0.4, 0.5) is 5.69 Å². The van der Waals surface area contributed by atoms with E-state index in [0.717, 1.165) is 0 Å². The van der Waals surface area contributed by atoms with Crippen molar-refractivity contribution in [2.75, 3.05) is 18.5 Å². The molecule has 0 radical (unpaired) electrons. The largest absolute Gasteiger partial charge is 0.466 e. The molecular weight excluding hydrogens is 314 g/mol. The summed E-state index contributed by atoms with van der Waals surface area (Å²) in [5.74, 6) is -0.548. The van der Waals surface area contributed by atoms with E-state index in [2.05, 4.69) is 4.74 Å². The van der Waals surface area contributed by atoms with E-state index in [1.807, 2.05) is 6.07 Å². The first-order valence-electron chi connectivity index (χ1n) is 6.86. The molecule has 0 heterocycles. The van der Waals surface area contributed by atoms with E-state index < -0.39 is 16.0 Å². The number of nitrogens with zero attached hydrogens (tertiary/aromatic N) is 1. The van der Waals surface area contributed by atoms with Gasteiger partial charge in [0.1, 0.15) is 0 Å². The lowest BCUT2D eigenvalue weighted by atomic mass is 10.2. The van der Waals surface area contributed by atoms with Gasteiger partial charge in [0.05, 0.1) is 17.7 Å². The van der Waals surface area contributed by atoms with E-state index in [0.29, 0.717) is 11.3 Å². The van der Waals surface area contributed by atoms with Gasteiger partial charge in [0.2, 0.25) is 0 Å². The maximum absolute atomic E-state index is 12.8. The van der Waals surface area contributed by atoms with E-state index in [4.69, 9.17) is 0 Å². The van der Waals surface area contributed by atoms with Crippen LogP contribution in [0, 0.1) is 0 Å². The number of hydrogen-bond acceptors (Lipinski definition) is 4. The molecule has 0 saturated carbocycles. The number of ether oxygens (including phenoxy) is 1. The molecule has 0 amide bonds. The van der Waals surface area contributed by atoms with Crippen molar-refractivity contribution in [3.05, 3.63) is 66.2 Å². The molecule has 0 aromatic heterocycles. The molecule has 6 heteroatoms. The lowest BCUT2D eigenvalue weighted by Crippen LogP contribution is -2.27. The molecule has 0 fully saturated rings. The summed E-state index contributed by atoms with van der Waals surface area (Å²) in [6.07, 6.45) is 2.62. The number of esters is 1. The Kier molecular flexibility index (Phi) is 5.18. The molecule has 0 saturated heterocycles. The van der Waals surface area contributed by atoms with Crippen molar-refractivity contribution < 1.29 is 17.9 Å². The van der Waals surface area contributed by atoms with Crippen LogP contribution in [0.2, 0.25) is 0 Å². The number of para-hydroxylation sites is 1. The molecule has 0 unspecified atom stereocenters. The fourth-order valence-corrected chi connectivity index (χ4v) is 3.38. The van der Waals surface area contributed by atoms with Crippen LogP contribution in [0.5, 0.6) is 0 Å². The molecule has 120 valence electrons. The molecule has 0 aliphatic rings.